The zero-order valence-corrected chi connectivity index (χ0v) is 17.1. The van der Waals surface area contributed by atoms with Gasteiger partial charge in [0.1, 0.15) is 0 Å². The van der Waals surface area contributed by atoms with Crippen LogP contribution in [-0.2, 0) is 5.41 Å². The van der Waals surface area contributed by atoms with Crippen LogP contribution in [0.4, 0.5) is 0 Å². The molecule has 5 nitrogen and oxygen atoms in total. The van der Waals surface area contributed by atoms with Gasteiger partial charge in [0.05, 0.1) is 18.4 Å². The van der Waals surface area contributed by atoms with Crippen molar-refractivity contribution in [2.24, 2.45) is 11.5 Å². The zero-order valence-electron chi connectivity index (χ0n) is 16.4. The van der Waals surface area contributed by atoms with E-state index in [9.17, 15) is 0 Å². The smallest absolute Gasteiger partial charge is 0.0876 e. The third-order valence-corrected chi connectivity index (χ3v) is 6.40. The molecule has 4 rings (SSSR count). The van der Waals surface area contributed by atoms with Crippen molar-refractivity contribution in [3.8, 4) is 0 Å². The Morgan fingerprint density at radius 3 is 2.52 bits per heavy atom. The monoisotopic (exact) mass is 407 g/mol. The van der Waals surface area contributed by atoms with Crippen molar-refractivity contribution in [2.75, 3.05) is 6.54 Å². The van der Waals surface area contributed by atoms with Crippen molar-refractivity contribution in [3.05, 3.63) is 101 Å². The van der Waals surface area contributed by atoms with E-state index in [-0.39, 0.29) is 18.1 Å². The van der Waals surface area contributed by atoms with E-state index in [0.29, 0.717) is 11.6 Å². The van der Waals surface area contributed by atoms with Crippen molar-refractivity contribution in [3.63, 3.8) is 0 Å². The molecule has 150 valence electrons. The quantitative estimate of drug-likeness (QED) is 0.598. The molecule has 0 amide bonds. The highest BCUT2D eigenvalue weighted by Gasteiger charge is 2.47. The molecular weight excluding hydrogens is 382 g/mol. The number of halogens is 1. The Labute approximate surface area is 176 Å². The molecule has 3 aromatic rings. The third kappa shape index (κ3) is 3.46. The summed E-state index contributed by atoms with van der Waals surface area (Å²) < 4.78 is 0. The highest BCUT2D eigenvalue weighted by molar-refractivity contribution is 6.30. The highest BCUT2D eigenvalue weighted by atomic mass is 35.5. The Hall–Kier alpha value is -2.60. The van der Waals surface area contributed by atoms with E-state index in [2.05, 4.69) is 58.6 Å². The van der Waals surface area contributed by atoms with Crippen LogP contribution in [0.25, 0.3) is 0 Å². The number of rotatable bonds is 5. The fourth-order valence-corrected chi connectivity index (χ4v) is 4.55. The number of H-pyrrole nitrogens is 1. The minimum absolute atomic E-state index is 0.0145. The van der Waals surface area contributed by atoms with Crippen LogP contribution in [0.1, 0.15) is 35.6 Å². The lowest BCUT2D eigenvalue weighted by Gasteiger charge is -2.51. The topological polar surface area (TPSA) is 84.0 Å². The van der Waals surface area contributed by atoms with Crippen LogP contribution in [0.3, 0.4) is 0 Å². The maximum absolute atomic E-state index is 6.99. The first-order valence-electron chi connectivity index (χ1n) is 9.76. The summed E-state index contributed by atoms with van der Waals surface area (Å²) in [5.74, 6) is 0.0582. The molecule has 0 saturated carbocycles. The first kappa shape index (κ1) is 19.7. The zero-order chi connectivity index (χ0) is 20.4. The Morgan fingerprint density at radius 1 is 1.17 bits per heavy atom. The Bertz CT molecular complexity index is 955. The van der Waals surface area contributed by atoms with Gasteiger partial charge in [-0.2, -0.15) is 5.10 Å². The fraction of sp³-hybridized carbons (Fsp3) is 0.261. The van der Waals surface area contributed by atoms with E-state index in [0.717, 1.165) is 16.7 Å². The van der Waals surface area contributed by atoms with Crippen LogP contribution in [0.15, 0.2) is 79.3 Å². The van der Waals surface area contributed by atoms with Crippen molar-refractivity contribution in [1.29, 1.82) is 0 Å². The molecule has 4 atom stereocenters. The van der Waals surface area contributed by atoms with E-state index in [1.54, 1.807) is 0 Å². The van der Waals surface area contributed by atoms with Gasteiger partial charge in [-0.1, -0.05) is 67.1 Å². The Morgan fingerprint density at radius 2 is 1.90 bits per heavy atom. The average Bonchev–Trinajstić information content (AvgIpc) is 3.27. The van der Waals surface area contributed by atoms with Gasteiger partial charge in [-0.15, -0.1) is 0 Å². The summed E-state index contributed by atoms with van der Waals surface area (Å²) >= 11 is 6.16. The lowest BCUT2D eigenvalue weighted by atomic mass is 9.65. The van der Waals surface area contributed by atoms with Crippen molar-refractivity contribution < 1.29 is 0 Å². The van der Waals surface area contributed by atoms with Gasteiger partial charge in [0.15, 0.2) is 0 Å². The summed E-state index contributed by atoms with van der Waals surface area (Å²) in [6, 6.07) is 18.2. The number of nitrogens with zero attached hydrogens (tertiary/aromatic N) is 2. The standard InChI is InChI=1S/C23H26ClN5/c1-23(18-7-9-19(24)10-8-18)20(17-14-27-28-15-17)11-12-29(22(23)26)21(13-25)16-5-3-2-4-6-16/h2-12,14-15,20-22H,13,25-26H2,1H3,(H,27,28). The second-order valence-electron chi connectivity index (χ2n) is 7.69. The number of aromatic amines is 1. The first-order valence-corrected chi connectivity index (χ1v) is 10.1. The summed E-state index contributed by atoms with van der Waals surface area (Å²) in [5.41, 5.74) is 16.2. The molecule has 5 N–H and O–H groups in total. The molecule has 4 unspecified atom stereocenters. The molecule has 0 spiro atoms. The predicted octanol–water partition coefficient (Wildman–Crippen LogP) is 3.92. The lowest BCUT2D eigenvalue weighted by molar-refractivity contribution is 0.112. The fourth-order valence-electron chi connectivity index (χ4n) is 4.42. The van der Waals surface area contributed by atoms with E-state index >= 15 is 0 Å². The normalized spacial score (nSPS) is 25.2. The summed E-state index contributed by atoms with van der Waals surface area (Å²) in [6.07, 6.45) is 7.79. The van der Waals surface area contributed by atoms with Gasteiger partial charge in [-0.3, -0.25) is 5.10 Å². The third-order valence-electron chi connectivity index (χ3n) is 6.14. The number of nitrogens with one attached hydrogen (secondary N) is 1. The molecule has 1 aliphatic rings. The van der Waals surface area contributed by atoms with E-state index < -0.39 is 5.41 Å². The number of hydrogen-bond donors (Lipinski definition) is 3. The van der Waals surface area contributed by atoms with Gasteiger partial charge in [-0.25, -0.2) is 0 Å². The van der Waals surface area contributed by atoms with Gasteiger partial charge in [0, 0.05) is 29.1 Å². The summed E-state index contributed by atoms with van der Waals surface area (Å²) in [6.45, 7) is 2.67. The number of hydrogen-bond acceptors (Lipinski definition) is 4. The molecule has 0 fully saturated rings. The van der Waals surface area contributed by atoms with Gasteiger partial charge < -0.3 is 16.4 Å². The van der Waals surface area contributed by atoms with Gasteiger partial charge in [0.25, 0.3) is 0 Å². The molecule has 0 saturated heterocycles. The van der Waals surface area contributed by atoms with Gasteiger partial charge in [0.2, 0.25) is 0 Å². The van der Waals surface area contributed by atoms with E-state index in [1.165, 1.54) is 0 Å². The summed E-state index contributed by atoms with van der Waals surface area (Å²) in [5, 5.41) is 7.80. The van der Waals surface area contributed by atoms with Gasteiger partial charge >= 0.3 is 0 Å². The molecule has 1 aliphatic heterocycles. The molecule has 29 heavy (non-hydrogen) atoms. The van der Waals surface area contributed by atoms with Crippen LogP contribution >= 0.6 is 11.6 Å². The SMILES string of the molecule is CC1(c2ccc(Cl)cc2)C(c2cn[nH]c2)C=CN(C(CN)c2ccccc2)C1N. The number of aromatic nitrogens is 2. The molecule has 2 aromatic carbocycles. The van der Waals surface area contributed by atoms with Crippen LogP contribution in [-0.4, -0.2) is 27.8 Å². The van der Waals surface area contributed by atoms with Crippen LogP contribution in [0.2, 0.25) is 5.02 Å². The number of benzene rings is 2. The molecular formula is C23H26ClN5. The van der Waals surface area contributed by atoms with E-state index in [1.807, 2.05) is 42.7 Å². The Balaban J connectivity index is 1.82. The second kappa shape index (κ2) is 8.03. The number of nitrogens with two attached hydrogens (primary N) is 2. The minimum atomic E-state index is -0.411. The molecule has 1 aromatic heterocycles. The van der Waals surface area contributed by atoms with Crippen LogP contribution in [0.5, 0.6) is 0 Å². The van der Waals surface area contributed by atoms with Crippen LogP contribution in [0, 0.1) is 0 Å². The maximum Gasteiger partial charge on any atom is 0.0876 e. The van der Waals surface area contributed by atoms with Crippen LogP contribution < -0.4 is 11.5 Å². The van der Waals surface area contributed by atoms with Crippen molar-refractivity contribution in [1.82, 2.24) is 15.1 Å². The molecule has 2 heterocycles. The highest BCUT2D eigenvalue weighted by Crippen LogP contribution is 2.47. The maximum atomic E-state index is 6.99. The van der Waals surface area contributed by atoms with Crippen molar-refractivity contribution >= 4 is 11.6 Å². The van der Waals surface area contributed by atoms with E-state index in [4.69, 9.17) is 23.1 Å². The largest absolute Gasteiger partial charge is 0.353 e. The van der Waals surface area contributed by atoms with Crippen molar-refractivity contribution in [2.45, 2.75) is 30.5 Å². The molecule has 0 aliphatic carbocycles. The lowest BCUT2D eigenvalue weighted by Crippen LogP contribution is -2.59. The van der Waals surface area contributed by atoms with Gasteiger partial charge in [-0.05, 0) is 35.0 Å². The second-order valence-corrected chi connectivity index (χ2v) is 8.13. The molecule has 0 radical (unpaired) electrons. The first-order chi connectivity index (χ1) is 14.1. The minimum Gasteiger partial charge on any atom is -0.353 e. The average molecular weight is 408 g/mol. The molecule has 0 bridgehead atoms. The molecule has 6 heteroatoms. The summed E-state index contributed by atoms with van der Waals surface area (Å²) in [4.78, 5) is 2.18. The number of allylic oxidation sites excluding steroid dienone is 1. The predicted molar refractivity (Wildman–Crippen MR) is 117 cm³/mol. The Kier molecular flexibility index (Phi) is 5.46. The summed E-state index contributed by atoms with van der Waals surface area (Å²) in [7, 11) is 0.